The highest BCUT2D eigenvalue weighted by molar-refractivity contribution is 5.32. The van der Waals surface area contributed by atoms with E-state index in [4.69, 9.17) is 4.74 Å². The van der Waals surface area contributed by atoms with Crippen molar-refractivity contribution in [1.82, 2.24) is 0 Å². The topological polar surface area (TPSA) is 29.5 Å². The maximum Gasteiger partial charge on any atom is 0.119 e. The molecule has 0 aliphatic carbocycles. The van der Waals surface area contributed by atoms with Crippen LogP contribution in [0.5, 0.6) is 5.75 Å². The molecule has 0 aromatic heterocycles. The van der Waals surface area contributed by atoms with Crippen molar-refractivity contribution in [2.24, 2.45) is 0 Å². The summed E-state index contributed by atoms with van der Waals surface area (Å²) in [6.45, 7) is 4.89. The van der Waals surface area contributed by atoms with E-state index in [-0.39, 0.29) is 12.5 Å². The molecule has 1 atom stereocenters. The second-order valence-electron chi connectivity index (χ2n) is 5.08. The Kier molecular flexibility index (Phi) is 5.19. The molecule has 0 saturated heterocycles. The quantitative estimate of drug-likeness (QED) is 0.867. The van der Waals surface area contributed by atoms with Gasteiger partial charge < -0.3 is 9.84 Å². The number of benzene rings is 2. The van der Waals surface area contributed by atoms with Crippen LogP contribution in [0.1, 0.15) is 29.5 Å². The van der Waals surface area contributed by atoms with Crippen molar-refractivity contribution >= 4 is 0 Å². The maximum absolute atomic E-state index is 9.67. The number of aliphatic hydroxyl groups is 1. The molecule has 0 radical (unpaired) electrons. The van der Waals surface area contributed by atoms with Gasteiger partial charge >= 0.3 is 0 Å². The molecule has 1 N–H and O–H groups in total. The van der Waals surface area contributed by atoms with Crippen LogP contribution in [0.3, 0.4) is 0 Å². The van der Waals surface area contributed by atoms with Crippen LogP contribution < -0.4 is 4.74 Å². The smallest absolute Gasteiger partial charge is 0.119 e. The molecule has 0 spiro atoms. The highest BCUT2D eigenvalue weighted by Gasteiger charge is 2.12. The Labute approximate surface area is 121 Å². The molecular weight excluding hydrogens is 248 g/mol. The molecule has 0 aliphatic rings. The first-order valence-corrected chi connectivity index (χ1v) is 7.12. The van der Waals surface area contributed by atoms with Crippen molar-refractivity contribution in [3.05, 3.63) is 65.2 Å². The molecule has 2 nitrogen and oxygen atoms in total. The van der Waals surface area contributed by atoms with Crippen LogP contribution in [0.2, 0.25) is 0 Å². The van der Waals surface area contributed by atoms with E-state index in [0.29, 0.717) is 6.61 Å². The van der Waals surface area contributed by atoms with E-state index in [1.165, 1.54) is 16.7 Å². The Morgan fingerprint density at radius 1 is 1.10 bits per heavy atom. The molecule has 0 saturated carbocycles. The fourth-order valence-electron chi connectivity index (χ4n) is 2.43. The fraction of sp³-hybridized carbons (Fsp3) is 0.333. The van der Waals surface area contributed by atoms with E-state index in [2.05, 4.69) is 37.3 Å². The van der Waals surface area contributed by atoms with Gasteiger partial charge in [0, 0.05) is 5.92 Å². The van der Waals surface area contributed by atoms with Crippen molar-refractivity contribution in [2.45, 2.75) is 26.2 Å². The monoisotopic (exact) mass is 270 g/mol. The lowest BCUT2D eigenvalue weighted by molar-refractivity contribution is 0.264. The van der Waals surface area contributed by atoms with Gasteiger partial charge in [0.2, 0.25) is 0 Å². The standard InChI is InChI=1S/C18H22O2/c1-3-20-18-9-5-7-15(12-18)11-17(13-19)16-8-4-6-14(2)10-16/h4-10,12,17,19H,3,11,13H2,1-2H3. The SMILES string of the molecule is CCOc1cccc(CC(CO)c2cccc(C)c2)c1. The highest BCUT2D eigenvalue weighted by atomic mass is 16.5. The summed E-state index contributed by atoms with van der Waals surface area (Å²) in [5, 5.41) is 9.67. The third-order valence-electron chi connectivity index (χ3n) is 3.43. The molecule has 2 rings (SSSR count). The van der Waals surface area contributed by atoms with Crippen molar-refractivity contribution in [2.75, 3.05) is 13.2 Å². The molecule has 1 unspecified atom stereocenters. The van der Waals surface area contributed by atoms with Crippen LogP contribution in [-0.2, 0) is 6.42 Å². The average Bonchev–Trinajstić information content (AvgIpc) is 2.45. The first-order valence-electron chi connectivity index (χ1n) is 7.12. The van der Waals surface area contributed by atoms with E-state index in [1.54, 1.807) is 0 Å². The largest absolute Gasteiger partial charge is 0.494 e. The summed E-state index contributed by atoms with van der Waals surface area (Å²) in [4.78, 5) is 0. The zero-order valence-electron chi connectivity index (χ0n) is 12.2. The van der Waals surface area contributed by atoms with Gasteiger partial charge in [-0.2, -0.15) is 0 Å². The summed E-state index contributed by atoms with van der Waals surface area (Å²) in [6.07, 6.45) is 0.820. The molecule has 106 valence electrons. The molecule has 0 aliphatic heterocycles. The fourth-order valence-corrected chi connectivity index (χ4v) is 2.43. The molecule has 2 heteroatoms. The number of aliphatic hydroxyl groups excluding tert-OH is 1. The van der Waals surface area contributed by atoms with Crippen molar-refractivity contribution < 1.29 is 9.84 Å². The molecule has 20 heavy (non-hydrogen) atoms. The Morgan fingerprint density at radius 3 is 2.60 bits per heavy atom. The van der Waals surface area contributed by atoms with Crippen LogP contribution in [0, 0.1) is 6.92 Å². The summed E-state index contributed by atoms with van der Waals surface area (Å²) in [5.74, 6) is 1.03. The normalized spacial score (nSPS) is 12.2. The Bertz CT molecular complexity index is 549. The number of aryl methyl sites for hydroxylation is 1. The van der Waals surface area contributed by atoms with Gasteiger partial charge in [-0.1, -0.05) is 42.0 Å². The van der Waals surface area contributed by atoms with Crippen molar-refractivity contribution in [1.29, 1.82) is 0 Å². The lowest BCUT2D eigenvalue weighted by atomic mass is 9.92. The van der Waals surface area contributed by atoms with Crippen LogP contribution in [0.4, 0.5) is 0 Å². The average molecular weight is 270 g/mol. The van der Waals surface area contributed by atoms with E-state index in [1.807, 2.05) is 25.1 Å². The van der Waals surface area contributed by atoms with Crippen LogP contribution in [0.25, 0.3) is 0 Å². The summed E-state index contributed by atoms with van der Waals surface area (Å²) < 4.78 is 5.52. The van der Waals surface area contributed by atoms with Gasteiger partial charge in [-0.3, -0.25) is 0 Å². The zero-order valence-corrected chi connectivity index (χ0v) is 12.2. The van der Waals surface area contributed by atoms with E-state index in [9.17, 15) is 5.11 Å². The lowest BCUT2D eigenvalue weighted by Crippen LogP contribution is -2.08. The molecule has 0 amide bonds. The van der Waals surface area contributed by atoms with Crippen LogP contribution >= 0.6 is 0 Å². The Hall–Kier alpha value is -1.80. The second-order valence-corrected chi connectivity index (χ2v) is 5.08. The van der Waals surface area contributed by atoms with Gasteiger partial charge in [0.1, 0.15) is 5.75 Å². The molecule has 2 aromatic carbocycles. The van der Waals surface area contributed by atoms with Gasteiger partial charge in [0.05, 0.1) is 13.2 Å². The zero-order chi connectivity index (χ0) is 14.4. The molecular formula is C18H22O2. The van der Waals surface area contributed by atoms with Crippen LogP contribution in [-0.4, -0.2) is 18.3 Å². The molecule has 0 fully saturated rings. The molecule has 0 heterocycles. The Morgan fingerprint density at radius 2 is 1.90 bits per heavy atom. The first-order chi connectivity index (χ1) is 9.72. The van der Waals surface area contributed by atoms with Crippen molar-refractivity contribution in [3.63, 3.8) is 0 Å². The minimum atomic E-state index is 0.131. The first kappa shape index (κ1) is 14.6. The summed E-state index contributed by atoms with van der Waals surface area (Å²) in [5.41, 5.74) is 3.61. The van der Waals surface area contributed by atoms with Gasteiger partial charge in [0.15, 0.2) is 0 Å². The number of hydrogen-bond donors (Lipinski definition) is 1. The predicted octanol–water partition coefficient (Wildman–Crippen LogP) is 3.71. The van der Waals surface area contributed by atoms with Gasteiger partial charge in [0.25, 0.3) is 0 Å². The number of ether oxygens (including phenoxy) is 1. The van der Waals surface area contributed by atoms with Gasteiger partial charge in [-0.15, -0.1) is 0 Å². The minimum absolute atomic E-state index is 0.131. The lowest BCUT2D eigenvalue weighted by Gasteiger charge is -2.16. The van der Waals surface area contributed by atoms with E-state index in [0.717, 1.165) is 12.2 Å². The summed E-state index contributed by atoms with van der Waals surface area (Å²) >= 11 is 0. The predicted molar refractivity (Wildman–Crippen MR) is 82.3 cm³/mol. The van der Waals surface area contributed by atoms with Gasteiger partial charge in [-0.25, -0.2) is 0 Å². The van der Waals surface area contributed by atoms with Crippen molar-refractivity contribution in [3.8, 4) is 5.75 Å². The number of rotatable bonds is 6. The minimum Gasteiger partial charge on any atom is -0.494 e. The number of hydrogen-bond acceptors (Lipinski definition) is 2. The third kappa shape index (κ3) is 3.84. The van der Waals surface area contributed by atoms with Gasteiger partial charge in [-0.05, 0) is 43.5 Å². The second kappa shape index (κ2) is 7.11. The summed E-state index contributed by atoms with van der Waals surface area (Å²) in [6, 6.07) is 16.5. The van der Waals surface area contributed by atoms with E-state index >= 15 is 0 Å². The summed E-state index contributed by atoms with van der Waals surface area (Å²) in [7, 11) is 0. The molecule has 0 bridgehead atoms. The Balaban J connectivity index is 2.15. The van der Waals surface area contributed by atoms with Crippen LogP contribution in [0.15, 0.2) is 48.5 Å². The van der Waals surface area contributed by atoms with E-state index < -0.39 is 0 Å². The molecule has 2 aromatic rings. The third-order valence-corrected chi connectivity index (χ3v) is 3.43. The maximum atomic E-state index is 9.67. The highest BCUT2D eigenvalue weighted by Crippen LogP contribution is 2.23.